The molecule has 0 bridgehead atoms. The number of aryl methyl sites for hydroxylation is 1. The second-order valence-corrected chi connectivity index (χ2v) is 10.3. The van der Waals surface area contributed by atoms with Gasteiger partial charge in [0.05, 0.1) is 4.90 Å². The highest BCUT2D eigenvalue weighted by molar-refractivity contribution is 7.89. The molecule has 2 heterocycles. The van der Waals surface area contributed by atoms with E-state index in [9.17, 15) is 8.42 Å². The zero-order chi connectivity index (χ0) is 18.2. The van der Waals surface area contributed by atoms with Gasteiger partial charge in [-0.25, -0.2) is 8.42 Å². The lowest BCUT2D eigenvalue weighted by atomic mass is 9.89. The molecule has 2 fully saturated rings. The van der Waals surface area contributed by atoms with Crippen LogP contribution in [0.2, 0.25) is 5.02 Å². The average molecular weight is 385 g/mol. The van der Waals surface area contributed by atoms with Gasteiger partial charge >= 0.3 is 0 Å². The number of piperidine rings is 2. The van der Waals surface area contributed by atoms with Crippen molar-refractivity contribution in [2.24, 2.45) is 11.8 Å². The van der Waals surface area contributed by atoms with Gasteiger partial charge < -0.3 is 0 Å². The van der Waals surface area contributed by atoms with Gasteiger partial charge in [0.25, 0.3) is 0 Å². The van der Waals surface area contributed by atoms with Crippen LogP contribution in [-0.2, 0) is 10.0 Å². The normalized spacial score (nSPS) is 27.5. The first-order chi connectivity index (χ1) is 11.8. The van der Waals surface area contributed by atoms with Crippen LogP contribution in [0.4, 0.5) is 0 Å². The van der Waals surface area contributed by atoms with Gasteiger partial charge in [-0.1, -0.05) is 25.4 Å². The molecule has 2 aliphatic rings. The topological polar surface area (TPSA) is 40.6 Å². The van der Waals surface area contributed by atoms with Gasteiger partial charge in [0.15, 0.2) is 0 Å². The maximum Gasteiger partial charge on any atom is 0.243 e. The van der Waals surface area contributed by atoms with Crippen molar-refractivity contribution in [3.05, 3.63) is 28.8 Å². The van der Waals surface area contributed by atoms with Crippen molar-refractivity contribution >= 4 is 21.6 Å². The van der Waals surface area contributed by atoms with Crippen LogP contribution in [0, 0.1) is 18.8 Å². The highest BCUT2D eigenvalue weighted by Crippen LogP contribution is 2.29. The Morgan fingerprint density at radius 3 is 2.24 bits per heavy atom. The lowest BCUT2D eigenvalue weighted by molar-refractivity contribution is 0.0689. The van der Waals surface area contributed by atoms with Crippen LogP contribution in [0.1, 0.15) is 38.7 Å². The molecule has 3 rings (SSSR count). The number of sulfonamides is 1. The van der Waals surface area contributed by atoms with Gasteiger partial charge in [-0.2, -0.15) is 4.31 Å². The number of benzene rings is 1. The molecule has 2 saturated heterocycles. The first-order valence-electron chi connectivity index (χ1n) is 9.27. The van der Waals surface area contributed by atoms with Gasteiger partial charge in [-0.05, 0) is 61.8 Å². The molecule has 6 heteroatoms. The van der Waals surface area contributed by atoms with E-state index in [0.717, 1.165) is 37.8 Å². The molecule has 1 aromatic rings. The van der Waals surface area contributed by atoms with Gasteiger partial charge in [0, 0.05) is 37.2 Å². The molecule has 2 atom stereocenters. The summed E-state index contributed by atoms with van der Waals surface area (Å²) in [6.45, 7) is 9.97. The highest BCUT2D eigenvalue weighted by atomic mass is 35.5. The van der Waals surface area contributed by atoms with Crippen LogP contribution >= 0.6 is 11.6 Å². The van der Waals surface area contributed by atoms with E-state index in [1.54, 1.807) is 22.5 Å². The van der Waals surface area contributed by atoms with Crippen LogP contribution in [0.15, 0.2) is 23.1 Å². The Hall–Kier alpha value is -0.620. The maximum absolute atomic E-state index is 13.0. The van der Waals surface area contributed by atoms with Crippen molar-refractivity contribution in [2.75, 3.05) is 26.2 Å². The molecule has 2 unspecified atom stereocenters. The van der Waals surface area contributed by atoms with E-state index >= 15 is 0 Å². The number of hydrogen-bond acceptors (Lipinski definition) is 3. The third-order valence-electron chi connectivity index (χ3n) is 5.59. The summed E-state index contributed by atoms with van der Waals surface area (Å²) in [4.78, 5) is 2.98. The molecule has 0 spiro atoms. The molecule has 1 aromatic carbocycles. The Balaban J connectivity index is 1.67. The number of halogens is 1. The molecule has 4 nitrogen and oxygen atoms in total. The smallest absolute Gasteiger partial charge is 0.243 e. The lowest BCUT2D eigenvalue weighted by Crippen LogP contribution is -2.50. The van der Waals surface area contributed by atoms with E-state index < -0.39 is 10.0 Å². The number of nitrogens with zero attached hydrogens (tertiary/aromatic N) is 2. The largest absolute Gasteiger partial charge is 0.300 e. The quantitative estimate of drug-likeness (QED) is 0.796. The van der Waals surface area contributed by atoms with Crippen molar-refractivity contribution in [1.82, 2.24) is 9.21 Å². The molecule has 0 amide bonds. The summed E-state index contributed by atoms with van der Waals surface area (Å²) in [7, 11) is -3.43. The van der Waals surface area contributed by atoms with Crippen LogP contribution in [-0.4, -0.2) is 49.8 Å². The van der Waals surface area contributed by atoms with Gasteiger partial charge in [-0.15, -0.1) is 0 Å². The molecular formula is C19H29ClN2O2S. The molecule has 2 aliphatic heterocycles. The first-order valence-corrected chi connectivity index (χ1v) is 11.1. The fourth-order valence-corrected chi connectivity index (χ4v) is 6.40. The molecule has 0 radical (unpaired) electrons. The van der Waals surface area contributed by atoms with Crippen molar-refractivity contribution in [1.29, 1.82) is 0 Å². The standard InChI is InChI=1S/C19H29ClN2O2S/c1-14-10-15(2)13-21(12-14)18-6-8-22(9-7-18)25(23,24)19-5-4-17(20)11-16(19)3/h4-5,11,14-15,18H,6-10,12-13H2,1-3H3. The molecule has 140 valence electrons. The van der Waals surface area contributed by atoms with Crippen molar-refractivity contribution < 1.29 is 8.42 Å². The third kappa shape index (κ3) is 4.21. The van der Waals surface area contributed by atoms with Crippen molar-refractivity contribution in [3.8, 4) is 0 Å². The Bertz CT molecular complexity index is 704. The van der Waals surface area contributed by atoms with Crippen molar-refractivity contribution in [2.45, 2.75) is 51.0 Å². The molecule has 0 saturated carbocycles. The Morgan fingerprint density at radius 1 is 1.08 bits per heavy atom. The summed E-state index contributed by atoms with van der Waals surface area (Å²) in [5.41, 5.74) is 0.716. The van der Waals surface area contributed by atoms with Crippen LogP contribution in [0.5, 0.6) is 0 Å². The fourth-order valence-electron chi connectivity index (χ4n) is 4.50. The predicted octanol–water partition coefficient (Wildman–Crippen LogP) is 3.78. The summed E-state index contributed by atoms with van der Waals surface area (Å²) >= 11 is 5.97. The minimum atomic E-state index is -3.43. The monoisotopic (exact) mass is 384 g/mol. The minimum absolute atomic E-state index is 0.385. The highest BCUT2D eigenvalue weighted by Gasteiger charge is 2.34. The van der Waals surface area contributed by atoms with Gasteiger partial charge in [0.1, 0.15) is 0 Å². The van der Waals surface area contributed by atoms with E-state index in [2.05, 4.69) is 18.7 Å². The van der Waals surface area contributed by atoms with Crippen LogP contribution < -0.4 is 0 Å². The second kappa shape index (κ2) is 7.55. The van der Waals surface area contributed by atoms with E-state index in [1.165, 1.54) is 6.42 Å². The Kier molecular flexibility index (Phi) is 5.78. The second-order valence-electron chi connectivity index (χ2n) is 7.95. The molecule has 0 aliphatic carbocycles. The molecule has 0 N–H and O–H groups in total. The summed E-state index contributed by atoms with van der Waals surface area (Å²) < 4.78 is 27.6. The zero-order valence-corrected chi connectivity index (χ0v) is 17.0. The van der Waals surface area contributed by atoms with Crippen LogP contribution in [0.3, 0.4) is 0 Å². The number of likely N-dealkylation sites (tertiary alicyclic amines) is 1. The Labute approximate surface area is 157 Å². The summed E-state index contributed by atoms with van der Waals surface area (Å²) in [6.07, 6.45) is 3.15. The van der Waals surface area contributed by atoms with E-state index in [4.69, 9.17) is 11.6 Å². The van der Waals surface area contributed by atoms with E-state index in [1.807, 2.05) is 6.92 Å². The SMILES string of the molecule is Cc1cc(Cl)ccc1S(=O)(=O)N1CCC(N2CC(C)CC(C)C2)CC1. The van der Waals surface area contributed by atoms with E-state index in [0.29, 0.717) is 34.6 Å². The van der Waals surface area contributed by atoms with Crippen LogP contribution in [0.25, 0.3) is 0 Å². The maximum atomic E-state index is 13.0. The summed E-state index contributed by atoms with van der Waals surface area (Å²) in [5.74, 6) is 1.48. The van der Waals surface area contributed by atoms with Crippen molar-refractivity contribution in [3.63, 3.8) is 0 Å². The average Bonchev–Trinajstić information content (AvgIpc) is 2.53. The number of rotatable bonds is 3. The first kappa shape index (κ1) is 19.2. The zero-order valence-electron chi connectivity index (χ0n) is 15.4. The summed E-state index contributed by atoms with van der Waals surface area (Å²) in [5, 5.41) is 0.573. The number of hydrogen-bond donors (Lipinski definition) is 0. The van der Waals surface area contributed by atoms with E-state index in [-0.39, 0.29) is 0 Å². The van der Waals surface area contributed by atoms with Gasteiger partial charge in [-0.3, -0.25) is 4.90 Å². The predicted molar refractivity (Wildman–Crippen MR) is 102 cm³/mol. The van der Waals surface area contributed by atoms with Gasteiger partial charge in [0.2, 0.25) is 10.0 Å². The summed E-state index contributed by atoms with van der Waals surface area (Å²) in [6, 6.07) is 5.53. The minimum Gasteiger partial charge on any atom is -0.300 e. The molecule has 25 heavy (non-hydrogen) atoms. The molecular weight excluding hydrogens is 356 g/mol. The Morgan fingerprint density at radius 2 is 1.68 bits per heavy atom. The lowest BCUT2D eigenvalue weighted by Gasteiger charge is -2.43. The molecule has 0 aromatic heterocycles. The fraction of sp³-hybridized carbons (Fsp3) is 0.684. The third-order valence-corrected chi connectivity index (χ3v) is 7.89.